The van der Waals surface area contributed by atoms with E-state index in [1.807, 2.05) is 55.4 Å². The van der Waals surface area contributed by atoms with Gasteiger partial charge in [0.25, 0.3) is 5.91 Å². The largest absolute Gasteiger partial charge is 0.378 e. The van der Waals surface area contributed by atoms with E-state index in [9.17, 15) is 4.79 Å². The van der Waals surface area contributed by atoms with Gasteiger partial charge >= 0.3 is 0 Å². The summed E-state index contributed by atoms with van der Waals surface area (Å²) in [7, 11) is 3.94. The van der Waals surface area contributed by atoms with Crippen molar-refractivity contribution in [2.45, 2.75) is 31.8 Å². The minimum absolute atomic E-state index is 0.0271. The van der Waals surface area contributed by atoms with Gasteiger partial charge in [-0.3, -0.25) is 9.78 Å². The summed E-state index contributed by atoms with van der Waals surface area (Å²) < 4.78 is 2.16. The lowest BCUT2D eigenvalue weighted by atomic mass is 10.1. The number of aryl methyl sites for hydroxylation is 1. The summed E-state index contributed by atoms with van der Waals surface area (Å²) in [5.41, 5.74) is 2.71. The van der Waals surface area contributed by atoms with Gasteiger partial charge < -0.3 is 14.8 Å². The third-order valence-electron chi connectivity index (χ3n) is 5.14. The summed E-state index contributed by atoms with van der Waals surface area (Å²) in [6, 6.07) is 11.7. The van der Waals surface area contributed by atoms with Gasteiger partial charge in [-0.15, -0.1) is 10.2 Å². The number of hydrogen-bond acceptors (Lipinski definition) is 5. The highest BCUT2D eigenvalue weighted by Gasteiger charge is 2.22. The van der Waals surface area contributed by atoms with Crippen LogP contribution in [0.4, 0.5) is 5.69 Å². The lowest BCUT2D eigenvalue weighted by molar-refractivity contribution is 0.0933. The quantitative estimate of drug-likeness (QED) is 0.757. The predicted octanol–water partition coefficient (Wildman–Crippen LogP) is 2.54. The van der Waals surface area contributed by atoms with Crippen LogP contribution in [0.3, 0.4) is 0 Å². The number of pyridine rings is 1. The minimum atomic E-state index is -0.0271. The first-order valence-electron chi connectivity index (χ1n) is 9.52. The Labute approximate surface area is 164 Å². The van der Waals surface area contributed by atoms with E-state index >= 15 is 0 Å². The third-order valence-corrected chi connectivity index (χ3v) is 5.14. The molecule has 2 aromatic heterocycles. The SMILES string of the molecule is CN(C)c1cccc(C(=O)NC2CCc3nnc(-c4ccncc4)n3CC2)c1. The highest BCUT2D eigenvalue weighted by Crippen LogP contribution is 2.22. The van der Waals surface area contributed by atoms with E-state index in [1.54, 1.807) is 12.4 Å². The standard InChI is InChI=1S/C21H24N6O/c1-26(2)18-5-3-4-16(14-18)21(28)23-17-6-7-19-24-25-20(27(19)13-10-17)15-8-11-22-12-9-15/h3-5,8-9,11-12,14,17H,6-7,10,13H2,1-2H3,(H,23,28). The van der Waals surface area contributed by atoms with Crippen molar-refractivity contribution < 1.29 is 4.79 Å². The van der Waals surface area contributed by atoms with Crippen LogP contribution in [-0.2, 0) is 13.0 Å². The molecule has 0 fully saturated rings. The van der Waals surface area contributed by atoms with Crippen LogP contribution in [0.1, 0.15) is 29.0 Å². The smallest absolute Gasteiger partial charge is 0.251 e. The van der Waals surface area contributed by atoms with E-state index in [2.05, 4.69) is 25.1 Å². The van der Waals surface area contributed by atoms with Crippen molar-refractivity contribution in [3.05, 3.63) is 60.2 Å². The Morgan fingerprint density at radius 3 is 2.75 bits per heavy atom. The minimum Gasteiger partial charge on any atom is -0.378 e. The summed E-state index contributed by atoms with van der Waals surface area (Å²) >= 11 is 0. The Kier molecular flexibility index (Phi) is 5.06. The molecule has 1 aromatic carbocycles. The van der Waals surface area contributed by atoms with Crippen LogP contribution >= 0.6 is 0 Å². The number of aromatic nitrogens is 4. The number of nitrogens with zero attached hydrogens (tertiary/aromatic N) is 5. The summed E-state index contributed by atoms with van der Waals surface area (Å²) in [6.07, 6.45) is 6.02. The fourth-order valence-electron chi connectivity index (χ4n) is 3.54. The Morgan fingerprint density at radius 1 is 1.14 bits per heavy atom. The van der Waals surface area contributed by atoms with Crippen LogP contribution < -0.4 is 10.2 Å². The topological polar surface area (TPSA) is 75.9 Å². The Bertz CT molecular complexity index is 966. The van der Waals surface area contributed by atoms with Gasteiger partial charge in [0.05, 0.1) is 0 Å². The van der Waals surface area contributed by atoms with Crippen molar-refractivity contribution >= 4 is 11.6 Å². The zero-order chi connectivity index (χ0) is 19.5. The Balaban J connectivity index is 1.45. The number of nitrogens with one attached hydrogen (secondary N) is 1. The normalized spacial score (nSPS) is 16.1. The molecule has 3 heterocycles. The molecule has 7 nitrogen and oxygen atoms in total. The van der Waals surface area contributed by atoms with Crippen LogP contribution in [0.15, 0.2) is 48.8 Å². The fourth-order valence-corrected chi connectivity index (χ4v) is 3.54. The van der Waals surface area contributed by atoms with E-state index < -0.39 is 0 Å². The molecule has 7 heteroatoms. The van der Waals surface area contributed by atoms with Gasteiger partial charge in [0.1, 0.15) is 5.82 Å². The maximum absolute atomic E-state index is 12.7. The van der Waals surface area contributed by atoms with Gasteiger partial charge in [-0.2, -0.15) is 0 Å². The van der Waals surface area contributed by atoms with Crippen molar-refractivity contribution in [3.63, 3.8) is 0 Å². The van der Waals surface area contributed by atoms with Crippen LogP contribution in [-0.4, -0.2) is 45.8 Å². The highest BCUT2D eigenvalue weighted by molar-refractivity contribution is 5.95. The summed E-state index contributed by atoms with van der Waals surface area (Å²) in [5.74, 6) is 1.81. The molecule has 4 rings (SSSR count). The van der Waals surface area contributed by atoms with Gasteiger partial charge in [0, 0.05) is 62.3 Å². The molecule has 1 amide bonds. The fraction of sp³-hybridized carbons (Fsp3) is 0.333. The highest BCUT2D eigenvalue weighted by atomic mass is 16.1. The number of anilines is 1. The first-order chi connectivity index (χ1) is 13.6. The average molecular weight is 376 g/mol. The lowest BCUT2D eigenvalue weighted by Gasteiger charge is -2.18. The summed E-state index contributed by atoms with van der Waals surface area (Å²) in [5, 5.41) is 11.9. The molecule has 1 N–H and O–H groups in total. The third kappa shape index (κ3) is 3.74. The monoisotopic (exact) mass is 376 g/mol. The van der Waals surface area contributed by atoms with E-state index in [-0.39, 0.29) is 11.9 Å². The maximum atomic E-state index is 12.7. The van der Waals surface area contributed by atoms with Gasteiger partial charge in [-0.05, 0) is 43.2 Å². The molecule has 1 atom stereocenters. The molecule has 0 bridgehead atoms. The zero-order valence-corrected chi connectivity index (χ0v) is 16.2. The molecule has 1 unspecified atom stereocenters. The zero-order valence-electron chi connectivity index (χ0n) is 16.2. The van der Waals surface area contributed by atoms with E-state index in [0.29, 0.717) is 5.56 Å². The number of hydrogen-bond donors (Lipinski definition) is 1. The molecule has 0 saturated heterocycles. The van der Waals surface area contributed by atoms with E-state index in [0.717, 1.165) is 48.7 Å². The molecule has 144 valence electrons. The number of carbonyl (C=O) groups excluding carboxylic acids is 1. The molecule has 0 spiro atoms. The summed E-state index contributed by atoms with van der Waals surface area (Å²) in [6.45, 7) is 0.780. The van der Waals surface area contributed by atoms with Gasteiger partial charge in [-0.1, -0.05) is 6.07 Å². The molecule has 0 aliphatic carbocycles. The van der Waals surface area contributed by atoms with Gasteiger partial charge in [-0.25, -0.2) is 0 Å². The van der Waals surface area contributed by atoms with Crippen molar-refractivity contribution in [2.24, 2.45) is 0 Å². The predicted molar refractivity (Wildman–Crippen MR) is 108 cm³/mol. The van der Waals surface area contributed by atoms with Crippen LogP contribution in [0, 0.1) is 0 Å². The average Bonchev–Trinajstić information content (AvgIpc) is 3.03. The van der Waals surface area contributed by atoms with Crippen LogP contribution in [0.5, 0.6) is 0 Å². The molecule has 0 radical (unpaired) electrons. The second kappa shape index (κ2) is 7.80. The number of fused-ring (bicyclic) bond motifs is 1. The Morgan fingerprint density at radius 2 is 1.96 bits per heavy atom. The molecule has 1 aliphatic rings. The van der Waals surface area contributed by atoms with Crippen molar-refractivity contribution in [1.29, 1.82) is 0 Å². The molecule has 3 aromatic rings. The summed E-state index contributed by atoms with van der Waals surface area (Å²) in [4.78, 5) is 18.8. The molecule has 0 saturated carbocycles. The molecule has 28 heavy (non-hydrogen) atoms. The second-order valence-corrected chi connectivity index (χ2v) is 7.27. The van der Waals surface area contributed by atoms with Gasteiger partial charge in [0.15, 0.2) is 5.82 Å². The van der Waals surface area contributed by atoms with Crippen LogP contribution in [0.25, 0.3) is 11.4 Å². The maximum Gasteiger partial charge on any atom is 0.251 e. The molecular weight excluding hydrogens is 352 g/mol. The first kappa shape index (κ1) is 18.2. The molecular formula is C21H24N6O. The Hall–Kier alpha value is -3.22. The van der Waals surface area contributed by atoms with E-state index in [4.69, 9.17) is 0 Å². The molecule has 1 aliphatic heterocycles. The van der Waals surface area contributed by atoms with Crippen LogP contribution in [0.2, 0.25) is 0 Å². The van der Waals surface area contributed by atoms with Crippen molar-refractivity contribution in [3.8, 4) is 11.4 Å². The van der Waals surface area contributed by atoms with E-state index in [1.165, 1.54) is 0 Å². The van der Waals surface area contributed by atoms with Crippen molar-refractivity contribution in [1.82, 2.24) is 25.1 Å². The van der Waals surface area contributed by atoms with Crippen molar-refractivity contribution in [2.75, 3.05) is 19.0 Å². The number of benzene rings is 1. The van der Waals surface area contributed by atoms with Gasteiger partial charge in [0.2, 0.25) is 0 Å². The second-order valence-electron chi connectivity index (χ2n) is 7.27. The number of amides is 1. The lowest BCUT2D eigenvalue weighted by Crippen LogP contribution is -2.35. The first-order valence-corrected chi connectivity index (χ1v) is 9.52. The number of rotatable bonds is 4. The number of carbonyl (C=O) groups is 1.